The summed E-state index contributed by atoms with van der Waals surface area (Å²) in [7, 11) is -0.198. The van der Waals surface area contributed by atoms with Gasteiger partial charge in [-0.25, -0.2) is 8.42 Å². The highest BCUT2D eigenvalue weighted by atomic mass is 32.2. The van der Waals surface area contributed by atoms with Crippen LogP contribution in [0.2, 0.25) is 0 Å². The molecule has 0 saturated heterocycles. The maximum Gasteiger partial charge on any atom is 0.253 e. The summed E-state index contributed by atoms with van der Waals surface area (Å²) >= 11 is 0. The van der Waals surface area contributed by atoms with E-state index < -0.39 is 9.84 Å². The molecule has 6 heteroatoms. The van der Waals surface area contributed by atoms with Crippen molar-refractivity contribution in [3.8, 4) is 0 Å². The molecule has 100 valence electrons. The predicted octanol–water partition coefficient (Wildman–Crippen LogP) is 1.15. The molecule has 0 unspecified atom stereocenters. The molecule has 0 atom stereocenters. The van der Waals surface area contributed by atoms with Gasteiger partial charge in [-0.1, -0.05) is 6.92 Å². The van der Waals surface area contributed by atoms with Crippen LogP contribution in [-0.4, -0.2) is 39.1 Å². The number of carbonyl (C=O) groups excluding carboxylic acids is 1. The normalized spacial score (nSPS) is 11.3. The molecule has 1 amide bonds. The molecule has 0 aliphatic carbocycles. The molecular formula is C12H18N2O3S. The minimum atomic E-state index is -3.42. The first-order valence-electron chi connectivity index (χ1n) is 5.63. The zero-order valence-electron chi connectivity index (χ0n) is 10.8. The van der Waals surface area contributed by atoms with Gasteiger partial charge in [-0.05, 0) is 24.6 Å². The molecule has 0 aliphatic rings. The van der Waals surface area contributed by atoms with Crippen LogP contribution in [0.5, 0.6) is 0 Å². The van der Waals surface area contributed by atoms with E-state index in [0.717, 1.165) is 0 Å². The Morgan fingerprint density at radius 3 is 2.44 bits per heavy atom. The van der Waals surface area contributed by atoms with Crippen LogP contribution < -0.4 is 5.73 Å². The lowest BCUT2D eigenvalue weighted by atomic mass is 10.2. The van der Waals surface area contributed by atoms with Crippen LogP contribution in [0.1, 0.15) is 23.7 Å². The van der Waals surface area contributed by atoms with Crippen LogP contribution in [-0.2, 0) is 9.84 Å². The summed E-state index contributed by atoms with van der Waals surface area (Å²) in [5, 5.41) is 0. The third-order valence-electron chi connectivity index (χ3n) is 2.47. The van der Waals surface area contributed by atoms with Crippen molar-refractivity contribution in [2.75, 3.05) is 25.6 Å². The van der Waals surface area contributed by atoms with Crippen molar-refractivity contribution in [2.24, 2.45) is 0 Å². The van der Waals surface area contributed by atoms with Crippen molar-refractivity contribution in [1.82, 2.24) is 4.90 Å². The smallest absolute Gasteiger partial charge is 0.253 e. The Hall–Kier alpha value is -1.56. The van der Waals surface area contributed by atoms with Gasteiger partial charge in [0.25, 0.3) is 5.91 Å². The van der Waals surface area contributed by atoms with E-state index >= 15 is 0 Å². The first-order chi connectivity index (χ1) is 8.29. The van der Waals surface area contributed by atoms with E-state index in [1.807, 2.05) is 0 Å². The Balaban J connectivity index is 3.30. The lowest BCUT2D eigenvalue weighted by molar-refractivity contribution is 0.0827. The Morgan fingerprint density at radius 2 is 1.94 bits per heavy atom. The zero-order chi connectivity index (χ0) is 13.9. The molecule has 5 nitrogen and oxygen atoms in total. The summed E-state index contributed by atoms with van der Waals surface area (Å²) in [4.78, 5) is 13.2. The van der Waals surface area contributed by atoms with Crippen molar-refractivity contribution in [2.45, 2.75) is 18.2 Å². The van der Waals surface area contributed by atoms with Gasteiger partial charge < -0.3 is 10.6 Å². The van der Waals surface area contributed by atoms with E-state index in [9.17, 15) is 13.2 Å². The van der Waals surface area contributed by atoms with Crippen LogP contribution in [0.4, 0.5) is 5.69 Å². The van der Waals surface area contributed by atoms with Gasteiger partial charge in [-0.15, -0.1) is 0 Å². The zero-order valence-corrected chi connectivity index (χ0v) is 11.6. The molecule has 0 bridgehead atoms. The molecule has 0 spiro atoms. The first-order valence-corrected chi connectivity index (χ1v) is 7.28. The second-order valence-corrected chi connectivity index (χ2v) is 6.35. The van der Waals surface area contributed by atoms with Gasteiger partial charge in [0.15, 0.2) is 9.84 Å². The van der Waals surface area contributed by atoms with Gasteiger partial charge in [-0.2, -0.15) is 0 Å². The van der Waals surface area contributed by atoms with E-state index in [0.29, 0.717) is 12.0 Å². The molecule has 2 N–H and O–H groups in total. The van der Waals surface area contributed by atoms with Crippen LogP contribution in [0.15, 0.2) is 23.1 Å². The van der Waals surface area contributed by atoms with Crippen molar-refractivity contribution >= 4 is 21.4 Å². The first kappa shape index (κ1) is 14.5. The standard InChI is InChI=1S/C12H18N2O3S/c1-4-7-18(16,17)11-8-9(5-6-10(11)13)12(15)14(2)3/h5-6,8H,4,7,13H2,1-3H3. The lowest BCUT2D eigenvalue weighted by Gasteiger charge is -2.12. The molecule has 0 heterocycles. The molecule has 0 aliphatic heterocycles. The van der Waals surface area contributed by atoms with Gasteiger partial charge in [0.1, 0.15) is 0 Å². The lowest BCUT2D eigenvalue weighted by Crippen LogP contribution is -2.22. The number of carbonyl (C=O) groups is 1. The Morgan fingerprint density at radius 1 is 1.33 bits per heavy atom. The topological polar surface area (TPSA) is 80.5 Å². The number of amides is 1. The highest BCUT2D eigenvalue weighted by Crippen LogP contribution is 2.22. The summed E-state index contributed by atoms with van der Waals surface area (Å²) in [6.07, 6.45) is 0.508. The molecule has 18 heavy (non-hydrogen) atoms. The molecule has 0 aromatic heterocycles. The molecule has 0 radical (unpaired) electrons. The summed E-state index contributed by atoms with van der Waals surface area (Å²) in [5.41, 5.74) is 6.18. The fraction of sp³-hybridized carbons (Fsp3) is 0.417. The van der Waals surface area contributed by atoms with Crippen molar-refractivity contribution in [1.29, 1.82) is 0 Å². The van der Waals surface area contributed by atoms with E-state index in [1.165, 1.54) is 23.1 Å². The van der Waals surface area contributed by atoms with Crippen LogP contribution >= 0.6 is 0 Å². The second-order valence-electron chi connectivity index (χ2n) is 4.27. The largest absolute Gasteiger partial charge is 0.398 e. The van der Waals surface area contributed by atoms with E-state index in [4.69, 9.17) is 5.73 Å². The Labute approximate surface area is 108 Å². The van der Waals surface area contributed by atoms with Crippen molar-refractivity contribution in [3.05, 3.63) is 23.8 Å². The fourth-order valence-electron chi connectivity index (χ4n) is 1.57. The third kappa shape index (κ3) is 3.01. The average Bonchev–Trinajstić information content (AvgIpc) is 2.28. The quantitative estimate of drug-likeness (QED) is 0.832. The minimum Gasteiger partial charge on any atom is -0.398 e. The Kier molecular flexibility index (Phi) is 4.34. The minimum absolute atomic E-state index is 0.0246. The summed E-state index contributed by atoms with van der Waals surface area (Å²) in [6, 6.07) is 4.34. The van der Waals surface area contributed by atoms with E-state index in [-0.39, 0.29) is 22.2 Å². The second kappa shape index (κ2) is 5.39. The number of benzene rings is 1. The maximum absolute atomic E-state index is 12.0. The number of nitrogen functional groups attached to an aromatic ring is 1. The van der Waals surface area contributed by atoms with Crippen LogP contribution in [0, 0.1) is 0 Å². The highest BCUT2D eigenvalue weighted by molar-refractivity contribution is 7.91. The van der Waals surface area contributed by atoms with Gasteiger partial charge in [0.2, 0.25) is 0 Å². The number of hydrogen-bond donors (Lipinski definition) is 1. The van der Waals surface area contributed by atoms with Crippen molar-refractivity contribution < 1.29 is 13.2 Å². The highest BCUT2D eigenvalue weighted by Gasteiger charge is 2.19. The Bertz CT molecular complexity index is 550. The predicted molar refractivity (Wildman–Crippen MR) is 71.2 cm³/mol. The summed E-state index contributed by atoms with van der Waals surface area (Å²) in [6.45, 7) is 1.78. The van der Waals surface area contributed by atoms with Gasteiger partial charge >= 0.3 is 0 Å². The number of rotatable bonds is 4. The molecule has 1 rings (SSSR count). The number of anilines is 1. The molecule has 1 aromatic rings. The maximum atomic E-state index is 12.0. The molecule has 0 saturated carbocycles. The van der Waals surface area contributed by atoms with E-state index in [2.05, 4.69) is 0 Å². The van der Waals surface area contributed by atoms with Gasteiger partial charge in [0, 0.05) is 19.7 Å². The third-order valence-corrected chi connectivity index (χ3v) is 4.44. The number of nitrogens with two attached hydrogens (primary N) is 1. The monoisotopic (exact) mass is 270 g/mol. The number of sulfone groups is 1. The fourth-order valence-corrected chi connectivity index (χ4v) is 3.06. The van der Waals surface area contributed by atoms with Gasteiger partial charge in [0.05, 0.1) is 16.3 Å². The molecular weight excluding hydrogens is 252 g/mol. The number of hydrogen-bond acceptors (Lipinski definition) is 4. The SMILES string of the molecule is CCCS(=O)(=O)c1cc(C(=O)N(C)C)ccc1N. The number of nitrogens with zero attached hydrogens (tertiary/aromatic N) is 1. The van der Waals surface area contributed by atoms with E-state index in [1.54, 1.807) is 21.0 Å². The van der Waals surface area contributed by atoms with Crippen molar-refractivity contribution in [3.63, 3.8) is 0 Å². The van der Waals surface area contributed by atoms with Crippen LogP contribution in [0.3, 0.4) is 0 Å². The van der Waals surface area contributed by atoms with Crippen LogP contribution in [0.25, 0.3) is 0 Å². The average molecular weight is 270 g/mol. The summed E-state index contributed by atoms with van der Waals surface area (Å²) in [5.74, 6) is -0.223. The summed E-state index contributed by atoms with van der Waals surface area (Å²) < 4.78 is 24.0. The van der Waals surface area contributed by atoms with Gasteiger partial charge in [-0.3, -0.25) is 4.79 Å². The molecule has 1 aromatic carbocycles. The molecule has 0 fully saturated rings.